The van der Waals surface area contributed by atoms with E-state index in [-0.39, 0.29) is 24.1 Å². The molecule has 0 aliphatic carbocycles. The molecule has 0 aromatic heterocycles. The Morgan fingerprint density at radius 2 is 1.93 bits per heavy atom. The molecule has 0 spiro atoms. The van der Waals surface area contributed by atoms with Crippen molar-refractivity contribution in [2.75, 3.05) is 23.8 Å². The summed E-state index contributed by atoms with van der Waals surface area (Å²) < 4.78 is 0.877. The van der Waals surface area contributed by atoms with Crippen molar-refractivity contribution >= 4 is 45.0 Å². The summed E-state index contributed by atoms with van der Waals surface area (Å²) in [6.45, 7) is 2.11. The normalized spacial score (nSPS) is 16.3. The average molecular weight is 430 g/mol. The fraction of sp³-hybridized carbons (Fsp3) is 0.250. The molecule has 3 rings (SSSR count). The molecule has 2 aromatic carbocycles. The van der Waals surface area contributed by atoms with Gasteiger partial charge in [-0.3, -0.25) is 14.4 Å². The second-order valence-electron chi connectivity index (χ2n) is 6.43. The van der Waals surface area contributed by atoms with Crippen molar-refractivity contribution in [2.45, 2.75) is 13.3 Å². The van der Waals surface area contributed by atoms with Crippen LogP contribution in [0.2, 0.25) is 0 Å². The number of amides is 3. The molecule has 0 bridgehead atoms. The number of hydrogen-bond donors (Lipinski definition) is 2. The van der Waals surface area contributed by atoms with Gasteiger partial charge >= 0.3 is 0 Å². The largest absolute Gasteiger partial charge is 0.355 e. The third-order valence-corrected chi connectivity index (χ3v) is 5.17. The molecule has 1 atom stereocenters. The van der Waals surface area contributed by atoms with Gasteiger partial charge in [-0.1, -0.05) is 28.1 Å². The highest BCUT2D eigenvalue weighted by atomic mass is 79.9. The first-order valence-corrected chi connectivity index (χ1v) is 9.38. The maximum absolute atomic E-state index is 12.7. The highest BCUT2D eigenvalue weighted by Gasteiger charge is 2.35. The van der Waals surface area contributed by atoms with Crippen LogP contribution in [-0.2, 0) is 9.59 Å². The molecule has 1 aliphatic rings. The molecule has 0 radical (unpaired) electrons. The van der Waals surface area contributed by atoms with Gasteiger partial charge in [0.25, 0.3) is 5.91 Å². The summed E-state index contributed by atoms with van der Waals surface area (Å²) in [6.07, 6.45) is 0.159. The van der Waals surface area contributed by atoms with Crippen LogP contribution in [0.5, 0.6) is 0 Å². The van der Waals surface area contributed by atoms with Gasteiger partial charge in [0.2, 0.25) is 11.8 Å². The predicted molar refractivity (Wildman–Crippen MR) is 108 cm³/mol. The Morgan fingerprint density at radius 3 is 2.63 bits per heavy atom. The molecule has 6 nitrogen and oxygen atoms in total. The van der Waals surface area contributed by atoms with Crippen molar-refractivity contribution in [3.63, 3.8) is 0 Å². The molecule has 3 amide bonds. The fourth-order valence-electron chi connectivity index (χ4n) is 3.16. The van der Waals surface area contributed by atoms with E-state index in [1.54, 1.807) is 37.1 Å². The van der Waals surface area contributed by atoms with Gasteiger partial charge in [-0.15, -0.1) is 0 Å². The Labute approximate surface area is 166 Å². The molecule has 0 saturated carbocycles. The zero-order valence-corrected chi connectivity index (χ0v) is 16.7. The van der Waals surface area contributed by atoms with E-state index in [0.717, 1.165) is 10.2 Å². The van der Waals surface area contributed by atoms with Gasteiger partial charge in [-0.2, -0.15) is 0 Å². The van der Waals surface area contributed by atoms with E-state index in [0.29, 0.717) is 23.4 Å². The van der Waals surface area contributed by atoms with E-state index in [1.165, 1.54) is 0 Å². The first-order valence-electron chi connectivity index (χ1n) is 8.59. The SMILES string of the molecule is CNC(=O)c1cccc(NC(=O)C2CC(=O)N(c3cccc(Br)c3)C2)c1C. The number of rotatable bonds is 4. The highest BCUT2D eigenvalue weighted by Crippen LogP contribution is 2.28. The number of benzene rings is 2. The quantitative estimate of drug-likeness (QED) is 0.783. The van der Waals surface area contributed by atoms with Gasteiger partial charge in [0.05, 0.1) is 5.92 Å². The van der Waals surface area contributed by atoms with Gasteiger partial charge in [-0.05, 0) is 42.8 Å². The van der Waals surface area contributed by atoms with Crippen LogP contribution in [-0.4, -0.2) is 31.3 Å². The van der Waals surface area contributed by atoms with E-state index in [1.807, 2.05) is 24.3 Å². The molecule has 1 heterocycles. The zero-order chi connectivity index (χ0) is 19.6. The Morgan fingerprint density at radius 1 is 1.19 bits per heavy atom. The molecule has 7 heteroatoms. The highest BCUT2D eigenvalue weighted by molar-refractivity contribution is 9.10. The van der Waals surface area contributed by atoms with E-state index in [9.17, 15) is 14.4 Å². The molecule has 1 aliphatic heterocycles. The summed E-state index contributed by atoms with van der Waals surface area (Å²) in [5.74, 6) is -0.956. The lowest BCUT2D eigenvalue weighted by Crippen LogP contribution is -2.28. The number of halogens is 1. The number of carbonyl (C=O) groups excluding carboxylic acids is 3. The number of anilines is 2. The molecule has 2 aromatic rings. The van der Waals surface area contributed by atoms with Crippen LogP contribution >= 0.6 is 15.9 Å². The van der Waals surface area contributed by atoms with Crippen LogP contribution in [0.15, 0.2) is 46.9 Å². The summed E-state index contributed by atoms with van der Waals surface area (Å²) >= 11 is 3.40. The minimum absolute atomic E-state index is 0.0796. The number of nitrogens with one attached hydrogen (secondary N) is 2. The predicted octanol–water partition coefficient (Wildman–Crippen LogP) is 3.11. The standard InChI is InChI=1S/C20H20BrN3O3/c1-12-16(20(27)22-2)7-4-8-17(12)23-19(26)13-9-18(25)24(11-13)15-6-3-5-14(21)10-15/h3-8,10,13H,9,11H2,1-2H3,(H,22,27)(H,23,26). The van der Waals surface area contributed by atoms with Gasteiger partial charge in [0, 0.05) is 41.4 Å². The number of nitrogens with zero attached hydrogens (tertiary/aromatic N) is 1. The monoisotopic (exact) mass is 429 g/mol. The Balaban J connectivity index is 1.74. The van der Waals surface area contributed by atoms with Crippen LogP contribution in [0.3, 0.4) is 0 Å². The minimum Gasteiger partial charge on any atom is -0.355 e. The van der Waals surface area contributed by atoms with Crippen molar-refractivity contribution < 1.29 is 14.4 Å². The topological polar surface area (TPSA) is 78.5 Å². The van der Waals surface area contributed by atoms with Crippen LogP contribution < -0.4 is 15.5 Å². The van der Waals surface area contributed by atoms with E-state index < -0.39 is 5.92 Å². The number of hydrogen-bond acceptors (Lipinski definition) is 3. The zero-order valence-electron chi connectivity index (χ0n) is 15.1. The van der Waals surface area contributed by atoms with Crippen LogP contribution in [0.4, 0.5) is 11.4 Å². The molecular formula is C20H20BrN3O3. The summed E-state index contributed by atoms with van der Waals surface area (Å²) in [7, 11) is 1.56. The van der Waals surface area contributed by atoms with E-state index in [2.05, 4.69) is 26.6 Å². The smallest absolute Gasteiger partial charge is 0.251 e. The lowest BCUT2D eigenvalue weighted by atomic mass is 10.0. The lowest BCUT2D eigenvalue weighted by molar-refractivity contribution is -0.122. The van der Waals surface area contributed by atoms with Crippen molar-refractivity contribution in [3.05, 3.63) is 58.1 Å². The molecule has 2 N–H and O–H groups in total. The average Bonchev–Trinajstić information content (AvgIpc) is 3.04. The van der Waals surface area contributed by atoms with E-state index in [4.69, 9.17) is 0 Å². The van der Waals surface area contributed by atoms with Gasteiger partial charge in [-0.25, -0.2) is 0 Å². The van der Waals surface area contributed by atoms with Gasteiger partial charge in [0.1, 0.15) is 0 Å². The molecule has 1 fully saturated rings. The third kappa shape index (κ3) is 4.03. The van der Waals surface area contributed by atoms with Crippen molar-refractivity contribution in [1.29, 1.82) is 0 Å². The Kier molecular flexibility index (Phi) is 5.60. The van der Waals surface area contributed by atoms with Gasteiger partial charge < -0.3 is 15.5 Å². The second-order valence-corrected chi connectivity index (χ2v) is 7.35. The molecule has 1 unspecified atom stereocenters. The van der Waals surface area contributed by atoms with Crippen LogP contribution in [0, 0.1) is 12.8 Å². The summed E-state index contributed by atoms with van der Waals surface area (Å²) in [4.78, 5) is 38.6. The first kappa shape index (κ1) is 19.1. The molecule has 140 valence electrons. The first-order chi connectivity index (χ1) is 12.9. The van der Waals surface area contributed by atoms with Gasteiger partial charge in [0.15, 0.2) is 0 Å². The Bertz CT molecular complexity index is 913. The van der Waals surface area contributed by atoms with Crippen LogP contribution in [0.1, 0.15) is 22.3 Å². The summed E-state index contributed by atoms with van der Waals surface area (Å²) in [6, 6.07) is 12.6. The second kappa shape index (κ2) is 7.92. The maximum atomic E-state index is 12.7. The van der Waals surface area contributed by atoms with Crippen molar-refractivity contribution in [2.24, 2.45) is 5.92 Å². The Hall–Kier alpha value is -2.67. The molecule has 1 saturated heterocycles. The van der Waals surface area contributed by atoms with Crippen molar-refractivity contribution in [1.82, 2.24) is 5.32 Å². The number of carbonyl (C=O) groups is 3. The lowest BCUT2D eigenvalue weighted by Gasteiger charge is -2.17. The summed E-state index contributed by atoms with van der Waals surface area (Å²) in [5, 5.41) is 5.45. The van der Waals surface area contributed by atoms with E-state index >= 15 is 0 Å². The van der Waals surface area contributed by atoms with Crippen molar-refractivity contribution in [3.8, 4) is 0 Å². The summed E-state index contributed by atoms with van der Waals surface area (Å²) in [5.41, 5.74) is 2.55. The third-order valence-electron chi connectivity index (χ3n) is 4.68. The fourth-order valence-corrected chi connectivity index (χ4v) is 3.55. The maximum Gasteiger partial charge on any atom is 0.251 e. The molecular weight excluding hydrogens is 410 g/mol. The minimum atomic E-state index is -0.445. The molecule has 27 heavy (non-hydrogen) atoms. The van der Waals surface area contributed by atoms with Crippen LogP contribution in [0.25, 0.3) is 0 Å².